The number of ketones is 1. The summed E-state index contributed by atoms with van der Waals surface area (Å²) in [5.74, 6) is -2.90. The van der Waals surface area contributed by atoms with Crippen LogP contribution in [0.5, 0.6) is 0 Å². The number of halogens is 1. The fourth-order valence-corrected chi connectivity index (χ4v) is 5.53. The molecule has 0 saturated carbocycles. The number of allylic oxidation sites excluding steroid dienone is 2. The van der Waals surface area contributed by atoms with Gasteiger partial charge in [-0.3, -0.25) is 24.1 Å². The molecule has 3 aromatic carbocycles. The van der Waals surface area contributed by atoms with Crippen LogP contribution in [0.1, 0.15) is 35.2 Å². The highest BCUT2D eigenvalue weighted by Gasteiger charge is 2.41. The number of anilines is 3. The molecule has 0 aromatic heterocycles. The molecule has 0 radical (unpaired) electrons. The van der Waals surface area contributed by atoms with Crippen LogP contribution in [-0.2, 0) is 20.9 Å². The van der Waals surface area contributed by atoms with Gasteiger partial charge < -0.3 is 15.1 Å². The molecule has 2 atom stereocenters. The Kier molecular flexibility index (Phi) is 8.47. The van der Waals surface area contributed by atoms with Gasteiger partial charge in [-0.15, -0.1) is 0 Å². The number of nitrogens with zero attached hydrogens (tertiary/aromatic N) is 3. The number of hydrogen-bond acceptors (Lipinski definition) is 5. The Morgan fingerprint density at radius 3 is 2.36 bits per heavy atom. The number of amides is 3. The molecule has 1 N–H and O–H groups in total. The summed E-state index contributed by atoms with van der Waals surface area (Å²) >= 11 is 0. The van der Waals surface area contributed by atoms with Crippen molar-refractivity contribution in [1.29, 1.82) is 0 Å². The number of hydrogen-bond donors (Lipinski definition) is 1. The summed E-state index contributed by atoms with van der Waals surface area (Å²) in [6.45, 7) is -0.388. The van der Waals surface area contributed by atoms with Crippen LogP contribution < -0.4 is 15.1 Å². The number of benzene rings is 3. The molecule has 2 aliphatic rings. The second-order valence-corrected chi connectivity index (χ2v) is 10.8. The van der Waals surface area contributed by atoms with E-state index in [-0.39, 0.29) is 23.9 Å². The van der Waals surface area contributed by atoms with Crippen LogP contribution >= 0.6 is 0 Å². The number of para-hydroxylation sites is 1. The second kappa shape index (κ2) is 12.4. The molecule has 9 heteroatoms. The van der Waals surface area contributed by atoms with E-state index in [1.807, 2.05) is 49.3 Å². The van der Waals surface area contributed by atoms with Crippen LogP contribution in [0, 0.1) is 11.7 Å². The number of Topliss-reactive ketones (excluding diaryl/α,β-unsaturated/α-hetero) is 1. The summed E-state index contributed by atoms with van der Waals surface area (Å²) in [4.78, 5) is 58.3. The Labute approximate surface area is 244 Å². The van der Waals surface area contributed by atoms with Gasteiger partial charge in [-0.1, -0.05) is 36.4 Å². The van der Waals surface area contributed by atoms with Gasteiger partial charge in [0.05, 0.1) is 11.3 Å². The lowest BCUT2D eigenvalue weighted by Crippen LogP contribution is -2.54. The minimum absolute atomic E-state index is 0.0224. The molecule has 1 heterocycles. The van der Waals surface area contributed by atoms with Crippen LogP contribution in [0.25, 0.3) is 0 Å². The first-order valence-electron chi connectivity index (χ1n) is 14.0. The molecule has 5 rings (SSSR count). The van der Waals surface area contributed by atoms with E-state index in [0.717, 1.165) is 12.1 Å². The molecule has 2 unspecified atom stereocenters. The number of fused-ring (bicyclic) bond motifs is 1. The van der Waals surface area contributed by atoms with Crippen LogP contribution in [-0.4, -0.2) is 55.1 Å². The van der Waals surface area contributed by atoms with Gasteiger partial charge in [-0.25, -0.2) is 4.39 Å². The molecular formula is C33H33FN4O4. The van der Waals surface area contributed by atoms with E-state index in [2.05, 4.69) is 11.4 Å². The van der Waals surface area contributed by atoms with Crippen molar-refractivity contribution >= 4 is 40.6 Å². The van der Waals surface area contributed by atoms with E-state index < -0.39 is 36.0 Å². The standard InChI is InChI=1S/C33H33FN4O4/c1-36(2)26-18-16-25(17-19-26)35-32(41)30(23-8-4-3-5-9-23)38(20-22-12-14-24(34)15-13-22)29(39)21-37-28-11-7-6-10-27(28)31(40)33(37)42/h3-4,6-7,10-19,23,30H,5,8-9,20-21H2,1-2H3,(H,35,41). The smallest absolute Gasteiger partial charge is 0.299 e. The average molecular weight is 569 g/mol. The maximum atomic E-state index is 14.1. The minimum Gasteiger partial charge on any atom is -0.378 e. The van der Waals surface area contributed by atoms with E-state index >= 15 is 0 Å². The molecule has 3 amide bonds. The lowest BCUT2D eigenvalue weighted by Gasteiger charge is -2.37. The maximum Gasteiger partial charge on any atom is 0.299 e. The topological polar surface area (TPSA) is 90.0 Å². The lowest BCUT2D eigenvalue weighted by atomic mass is 9.85. The summed E-state index contributed by atoms with van der Waals surface area (Å²) in [5, 5.41) is 2.99. The van der Waals surface area contributed by atoms with Gasteiger partial charge >= 0.3 is 0 Å². The van der Waals surface area contributed by atoms with Gasteiger partial charge in [0.2, 0.25) is 11.8 Å². The zero-order valence-electron chi connectivity index (χ0n) is 23.6. The number of nitrogens with one attached hydrogen (secondary N) is 1. The predicted molar refractivity (Wildman–Crippen MR) is 160 cm³/mol. The number of carbonyl (C=O) groups excluding carboxylic acids is 4. The quantitative estimate of drug-likeness (QED) is 0.296. The van der Waals surface area contributed by atoms with E-state index in [9.17, 15) is 23.6 Å². The van der Waals surface area contributed by atoms with Gasteiger partial charge in [0.25, 0.3) is 11.7 Å². The molecule has 0 saturated heterocycles. The van der Waals surface area contributed by atoms with Crippen molar-refractivity contribution in [2.24, 2.45) is 5.92 Å². The van der Waals surface area contributed by atoms with Crippen molar-refractivity contribution in [2.75, 3.05) is 35.8 Å². The summed E-state index contributed by atoms with van der Waals surface area (Å²) in [7, 11) is 3.85. The molecule has 42 heavy (non-hydrogen) atoms. The Bertz CT molecular complexity index is 1520. The summed E-state index contributed by atoms with van der Waals surface area (Å²) in [5.41, 5.74) is 2.80. The Balaban J connectivity index is 1.49. The van der Waals surface area contributed by atoms with Crippen LogP contribution in [0.4, 0.5) is 21.5 Å². The normalized spacial score (nSPS) is 16.6. The van der Waals surface area contributed by atoms with E-state index in [0.29, 0.717) is 29.8 Å². The molecular weight excluding hydrogens is 535 g/mol. The van der Waals surface area contributed by atoms with Crippen LogP contribution in [0.15, 0.2) is 84.9 Å². The zero-order valence-corrected chi connectivity index (χ0v) is 23.6. The Morgan fingerprint density at radius 1 is 0.976 bits per heavy atom. The van der Waals surface area contributed by atoms with Crippen molar-refractivity contribution in [3.05, 3.63) is 102 Å². The monoisotopic (exact) mass is 568 g/mol. The highest BCUT2D eigenvalue weighted by molar-refractivity contribution is 6.52. The zero-order chi connectivity index (χ0) is 29.8. The Morgan fingerprint density at radius 2 is 1.69 bits per heavy atom. The van der Waals surface area contributed by atoms with E-state index in [1.165, 1.54) is 21.9 Å². The third kappa shape index (κ3) is 6.10. The van der Waals surface area contributed by atoms with Gasteiger partial charge in [0.1, 0.15) is 18.4 Å². The third-order valence-corrected chi connectivity index (χ3v) is 7.77. The maximum absolute atomic E-state index is 14.1. The summed E-state index contributed by atoms with van der Waals surface area (Å²) < 4.78 is 13.7. The predicted octanol–water partition coefficient (Wildman–Crippen LogP) is 4.81. The SMILES string of the molecule is CN(C)c1ccc(NC(=O)C(C2CC=CCC2)N(Cc2ccc(F)cc2)C(=O)CN2C(=O)C(=O)c3ccccc32)cc1. The highest BCUT2D eigenvalue weighted by Crippen LogP contribution is 2.31. The number of carbonyl (C=O) groups is 4. The lowest BCUT2D eigenvalue weighted by molar-refractivity contribution is -0.140. The average Bonchev–Trinajstić information content (AvgIpc) is 3.23. The van der Waals surface area contributed by atoms with Gasteiger partial charge in [-0.2, -0.15) is 0 Å². The molecule has 8 nitrogen and oxygen atoms in total. The van der Waals surface area contributed by atoms with Crippen molar-refractivity contribution in [2.45, 2.75) is 31.8 Å². The van der Waals surface area contributed by atoms with Gasteiger partial charge in [0.15, 0.2) is 0 Å². The third-order valence-electron chi connectivity index (χ3n) is 7.77. The van der Waals surface area contributed by atoms with Crippen LogP contribution in [0.3, 0.4) is 0 Å². The highest BCUT2D eigenvalue weighted by atomic mass is 19.1. The van der Waals surface area contributed by atoms with Crippen molar-refractivity contribution in [1.82, 2.24) is 4.90 Å². The summed E-state index contributed by atoms with van der Waals surface area (Å²) in [6, 6.07) is 18.8. The number of rotatable bonds is 9. The molecule has 0 bridgehead atoms. The molecule has 216 valence electrons. The van der Waals surface area contributed by atoms with Crippen molar-refractivity contribution < 1.29 is 23.6 Å². The van der Waals surface area contributed by atoms with Crippen LogP contribution in [0.2, 0.25) is 0 Å². The van der Waals surface area contributed by atoms with Crippen molar-refractivity contribution in [3.8, 4) is 0 Å². The van der Waals surface area contributed by atoms with Crippen molar-refractivity contribution in [3.63, 3.8) is 0 Å². The first kappa shape index (κ1) is 28.7. The first-order chi connectivity index (χ1) is 20.2. The fourth-order valence-electron chi connectivity index (χ4n) is 5.53. The fraction of sp³-hybridized carbons (Fsp3) is 0.273. The molecule has 0 spiro atoms. The van der Waals surface area contributed by atoms with E-state index in [4.69, 9.17) is 0 Å². The Hall–Kier alpha value is -4.79. The van der Waals surface area contributed by atoms with Gasteiger partial charge in [0, 0.05) is 32.0 Å². The molecule has 1 aliphatic carbocycles. The van der Waals surface area contributed by atoms with E-state index in [1.54, 1.807) is 36.4 Å². The largest absolute Gasteiger partial charge is 0.378 e. The van der Waals surface area contributed by atoms with Gasteiger partial charge in [-0.05, 0) is 79.3 Å². The molecule has 3 aromatic rings. The minimum atomic E-state index is -0.885. The molecule has 1 aliphatic heterocycles. The summed E-state index contributed by atoms with van der Waals surface area (Å²) in [6.07, 6.45) is 6.11. The second-order valence-electron chi connectivity index (χ2n) is 10.8. The first-order valence-corrected chi connectivity index (χ1v) is 14.0. The molecule has 0 fully saturated rings.